The smallest absolute Gasteiger partial charge is 0.413 e. The highest BCUT2D eigenvalue weighted by Crippen LogP contribution is 2.12. The second kappa shape index (κ2) is 7.64. The van der Waals surface area contributed by atoms with Crippen molar-refractivity contribution in [2.75, 3.05) is 5.32 Å². The van der Waals surface area contributed by atoms with E-state index in [4.69, 9.17) is 9.15 Å². The largest absolute Gasteiger partial charge is 0.456 e. The number of hydrogen-bond donors (Lipinski definition) is 1. The summed E-state index contributed by atoms with van der Waals surface area (Å²) in [5.74, 6) is 0.528. The molecule has 0 aliphatic heterocycles. The van der Waals surface area contributed by atoms with Gasteiger partial charge in [0.2, 0.25) is 0 Å². The molecule has 0 spiro atoms. The summed E-state index contributed by atoms with van der Waals surface area (Å²) in [7, 11) is 0. The number of ketones is 1. The lowest BCUT2D eigenvalue weighted by molar-refractivity contribution is 0.0985. The Morgan fingerprint density at radius 2 is 2.04 bits per heavy atom. The highest BCUT2D eigenvalue weighted by Gasteiger charge is 2.10. The molecule has 0 aliphatic rings. The lowest BCUT2D eigenvalue weighted by atomic mass is 10.2. The van der Waals surface area contributed by atoms with Crippen molar-refractivity contribution in [3.05, 3.63) is 71.6 Å². The second-order valence-electron chi connectivity index (χ2n) is 5.51. The number of Topliss-reactive ketones (excluding diaryl/α,β-unsaturated/α-hetero) is 1. The Morgan fingerprint density at radius 3 is 2.77 bits per heavy atom. The number of carbonyl (C=O) groups excluding carboxylic acids is 2. The predicted molar refractivity (Wildman–Crippen MR) is 90.2 cm³/mol. The maximum atomic E-state index is 13.5. The summed E-state index contributed by atoms with van der Waals surface area (Å²) in [6.07, 6.45) is 0.901. The van der Waals surface area contributed by atoms with E-state index < -0.39 is 11.9 Å². The van der Waals surface area contributed by atoms with Gasteiger partial charge in [-0.3, -0.25) is 14.8 Å². The van der Waals surface area contributed by atoms with Gasteiger partial charge < -0.3 is 9.15 Å². The molecular weight excluding hydrogens is 341 g/mol. The monoisotopic (exact) mass is 357 g/mol. The van der Waals surface area contributed by atoms with Crippen molar-refractivity contribution in [3.8, 4) is 0 Å². The molecule has 2 aromatic heterocycles. The number of hydrogen-bond acceptors (Lipinski definition) is 5. The summed E-state index contributed by atoms with van der Waals surface area (Å²) >= 11 is 0. The van der Waals surface area contributed by atoms with E-state index in [1.165, 1.54) is 23.7 Å². The summed E-state index contributed by atoms with van der Waals surface area (Å²) in [5.41, 5.74) is 0.285. The molecule has 0 bridgehead atoms. The highest BCUT2D eigenvalue weighted by molar-refractivity contribution is 5.91. The minimum absolute atomic E-state index is 0.156. The van der Waals surface area contributed by atoms with Gasteiger partial charge in [0.05, 0.1) is 6.54 Å². The average molecular weight is 357 g/mol. The fraction of sp³-hybridized carbons (Fsp3) is 0.167. The Kier molecular flexibility index (Phi) is 5.12. The topological polar surface area (TPSA) is 86.4 Å². The van der Waals surface area contributed by atoms with Crippen molar-refractivity contribution in [1.82, 2.24) is 9.78 Å². The first-order valence-electron chi connectivity index (χ1n) is 7.81. The van der Waals surface area contributed by atoms with E-state index in [9.17, 15) is 14.0 Å². The van der Waals surface area contributed by atoms with Crippen LogP contribution >= 0.6 is 0 Å². The number of rotatable bonds is 6. The molecule has 0 unspecified atom stereocenters. The molecule has 0 fully saturated rings. The molecule has 0 saturated carbocycles. The molecule has 1 N–H and O–H groups in total. The minimum Gasteiger partial charge on any atom is -0.456 e. The van der Waals surface area contributed by atoms with E-state index in [0.29, 0.717) is 12.3 Å². The third-order valence-electron chi connectivity index (χ3n) is 3.51. The van der Waals surface area contributed by atoms with E-state index in [0.717, 1.165) is 0 Å². The number of benzene rings is 1. The second-order valence-corrected chi connectivity index (χ2v) is 5.51. The number of nitrogens with zero attached hydrogens (tertiary/aromatic N) is 2. The Bertz CT molecular complexity index is 932. The van der Waals surface area contributed by atoms with Gasteiger partial charge in [0.15, 0.2) is 17.4 Å². The Morgan fingerprint density at radius 1 is 1.23 bits per heavy atom. The minimum atomic E-state index is -0.740. The SMILES string of the molecule is CC(=O)c1ccc(Cn2ccc(NC(=O)OCc3ccccc3F)n2)o1. The zero-order chi connectivity index (χ0) is 18.5. The lowest BCUT2D eigenvalue weighted by Crippen LogP contribution is -2.14. The molecule has 7 nitrogen and oxygen atoms in total. The van der Waals surface area contributed by atoms with E-state index >= 15 is 0 Å². The summed E-state index contributed by atoms with van der Waals surface area (Å²) in [6, 6.07) is 10.9. The van der Waals surface area contributed by atoms with Gasteiger partial charge in [0.25, 0.3) is 0 Å². The fourth-order valence-electron chi connectivity index (χ4n) is 2.23. The Hall–Kier alpha value is -3.42. The lowest BCUT2D eigenvalue weighted by Gasteiger charge is -2.06. The standard InChI is InChI=1S/C18H16FN3O4/c1-12(23)16-7-6-14(26-16)10-22-9-8-17(21-22)20-18(24)25-11-13-4-2-3-5-15(13)19/h2-9H,10-11H2,1H3,(H,20,21,24). The van der Waals surface area contributed by atoms with Gasteiger partial charge in [-0.05, 0) is 18.2 Å². The Balaban J connectivity index is 1.53. The van der Waals surface area contributed by atoms with Crippen molar-refractivity contribution in [1.29, 1.82) is 0 Å². The maximum absolute atomic E-state index is 13.5. The number of nitrogens with one attached hydrogen (secondary N) is 1. The van der Waals surface area contributed by atoms with Crippen molar-refractivity contribution in [2.45, 2.75) is 20.1 Å². The number of furan rings is 1. The van der Waals surface area contributed by atoms with Crippen LogP contribution in [0, 0.1) is 5.82 Å². The molecule has 8 heteroatoms. The van der Waals surface area contributed by atoms with Crippen LogP contribution in [-0.4, -0.2) is 21.7 Å². The van der Waals surface area contributed by atoms with Gasteiger partial charge in [0.1, 0.15) is 18.2 Å². The van der Waals surface area contributed by atoms with Gasteiger partial charge in [-0.1, -0.05) is 18.2 Å². The van der Waals surface area contributed by atoms with Gasteiger partial charge in [0, 0.05) is 24.8 Å². The number of amides is 1. The van der Waals surface area contributed by atoms with Crippen LogP contribution in [0.5, 0.6) is 0 Å². The van der Waals surface area contributed by atoms with E-state index in [1.807, 2.05) is 0 Å². The van der Waals surface area contributed by atoms with Gasteiger partial charge in [-0.2, -0.15) is 5.10 Å². The van der Waals surface area contributed by atoms with Gasteiger partial charge >= 0.3 is 6.09 Å². The first-order valence-corrected chi connectivity index (χ1v) is 7.81. The van der Waals surface area contributed by atoms with Gasteiger partial charge in [-0.15, -0.1) is 0 Å². The number of ether oxygens (including phenoxy) is 1. The summed E-state index contributed by atoms with van der Waals surface area (Å²) in [4.78, 5) is 23.0. The molecule has 134 valence electrons. The number of anilines is 1. The van der Waals surface area contributed by atoms with Crippen LogP contribution in [0.25, 0.3) is 0 Å². The first kappa shape index (κ1) is 17.4. The van der Waals surface area contributed by atoms with Crippen LogP contribution in [-0.2, 0) is 17.9 Å². The molecule has 1 amide bonds. The van der Waals surface area contributed by atoms with Crippen LogP contribution in [0.3, 0.4) is 0 Å². The predicted octanol–water partition coefficient (Wildman–Crippen LogP) is 3.61. The Labute approximate surface area is 148 Å². The summed E-state index contributed by atoms with van der Waals surface area (Å²) in [5, 5.41) is 6.62. The van der Waals surface area contributed by atoms with E-state index in [1.54, 1.807) is 36.5 Å². The number of aromatic nitrogens is 2. The fourth-order valence-corrected chi connectivity index (χ4v) is 2.23. The quantitative estimate of drug-likeness (QED) is 0.681. The van der Waals surface area contributed by atoms with Crippen molar-refractivity contribution in [3.63, 3.8) is 0 Å². The summed E-state index contributed by atoms with van der Waals surface area (Å²) < 4.78 is 25.4. The average Bonchev–Trinajstić information content (AvgIpc) is 3.24. The third kappa shape index (κ3) is 4.35. The van der Waals surface area contributed by atoms with Crippen LogP contribution in [0.1, 0.15) is 28.8 Å². The molecule has 3 aromatic rings. The molecule has 0 atom stereocenters. The molecule has 3 rings (SSSR count). The van der Waals surface area contributed by atoms with Crippen LogP contribution in [0.2, 0.25) is 0 Å². The molecule has 0 saturated heterocycles. The zero-order valence-corrected chi connectivity index (χ0v) is 13.9. The molecule has 0 aliphatic carbocycles. The van der Waals surface area contributed by atoms with Crippen molar-refractivity contribution < 1.29 is 23.1 Å². The maximum Gasteiger partial charge on any atom is 0.413 e. The normalized spacial score (nSPS) is 10.5. The van der Waals surface area contributed by atoms with Gasteiger partial charge in [-0.25, -0.2) is 9.18 Å². The third-order valence-corrected chi connectivity index (χ3v) is 3.51. The molecule has 0 radical (unpaired) electrons. The first-order chi connectivity index (χ1) is 12.5. The molecule has 1 aromatic carbocycles. The summed E-state index contributed by atoms with van der Waals surface area (Å²) in [6.45, 7) is 1.55. The van der Waals surface area contributed by atoms with Crippen LogP contribution in [0.4, 0.5) is 15.0 Å². The van der Waals surface area contributed by atoms with E-state index in [2.05, 4.69) is 10.4 Å². The van der Waals surface area contributed by atoms with Crippen LogP contribution < -0.4 is 5.32 Å². The molecular formula is C18H16FN3O4. The van der Waals surface area contributed by atoms with E-state index in [-0.39, 0.29) is 29.5 Å². The molecule has 2 heterocycles. The van der Waals surface area contributed by atoms with Crippen molar-refractivity contribution in [2.24, 2.45) is 0 Å². The number of carbonyl (C=O) groups is 2. The van der Waals surface area contributed by atoms with Crippen LogP contribution in [0.15, 0.2) is 53.1 Å². The zero-order valence-electron chi connectivity index (χ0n) is 13.9. The van der Waals surface area contributed by atoms with Crippen molar-refractivity contribution >= 4 is 17.7 Å². The number of halogens is 1. The molecule has 26 heavy (non-hydrogen) atoms. The highest BCUT2D eigenvalue weighted by atomic mass is 19.1.